The molecule has 0 aromatic carbocycles. The number of halogens is 3. The molecular formula is C23H32F3N3O5S. The van der Waals surface area contributed by atoms with Gasteiger partial charge in [-0.3, -0.25) is 4.79 Å². The highest BCUT2D eigenvalue weighted by molar-refractivity contribution is 7.90. The van der Waals surface area contributed by atoms with Crippen molar-refractivity contribution in [1.29, 1.82) is 0 Å². The highest BCUT2D eigenvalue weighted by atomic mass is 32.2. The number of aromatic nitrogens is 2. The molecule has 1 amide bonds. The van der Waals surface area contributed by atoms with Gasteiger partial charge in [0.25, 0.3) is 0 Å². The smallest absolute Gasteiger partial charge is 0.403 e. The molecule has 2 aliphatic carbocycles. The third-order valence-electron chi connectivity index (χ3n) is 7.42. The molecule has 1 aromatic heterocycles. The predicted octanol–water partition coefficient (Wildman–Crippen LogP) is 3.70. The molecular weight excluding hydrogens is 487 g/mol. The summed E-state index contributed by atoms with van der Waals surface area (Å²) in [6, 6.07) is 0. The van der Waals surface area contributed by atoms with Crippen molar-refractivity contribution in [1.82, 2.24) is 14.9 Å². The molecule has 0 spiro atoms. The summed E-state index contributed by atoms with van der Waals surface area (Å²) in [5.41, 5.74) is -2.20. The van der Waals surface area contributed by atoms with Gasteiger partial charge in [0.2, 0.25) is 11.8 Å². The van der Waals surface area contributed by atoms with Crippen molar-refractivity contribution in [3.63, 3.8) is 0 Å². The van der Waals surface area contributed by atoms with E-state index < -0.39 is 27.3 Å². The minimum absolute atomic E-state index is 0.0390. The molecule has 35 heavy (non-hydrogen) atoms. The Labute approximate surface area is 203 Å². The molecule has 1 aromatic rings. The molecule has 0 N–H and O–H groups in total. The molecule has 1 saturated heterocycles. The number of nitrogens with zero attached hydrogens (tertiary/aromatic N) is 3. The quantitative estimate of drug-likeness (QED) is 0.565. The Morgan fingerprint density at radius 2 is 1.54 bits per heavy atom. The number of alkyl halides is 3. The number of likely N-dealkylation sites (tertiary alicyclic amines) is 1. The van der Waals surface area contributed by atoms with Gasteiger partial charge in [0, 0.05) is 19.3 Å². The third kappa shape index (κ3) is 5.90. The topological polar surface area (TPSA) is 98.7 Å². The lowest BCUT2D eigenvalue weighted by atomic mass is 9.83. The molecule has 2 saturated carbocycles. The molecule has 0 bridgehead atoms. The van der Waals surface area contributed by atoms with Crippen LogP contribution in [0.5, 0.6) is 5.88 Å². The van der Waals surface area contributed by atoms with Gasteiger partial charge in [-0.25, -0.2) is 18.4 Å². The molecule has 4 rings (SSSR count). The summed E-state index contributed by atoms with van der Waals surface area (Å²) in [6.07, 6.45) is 3.73. The molecule has 0 atom stereocenters. The van der Waals surface area contributed by atoms with E-state index >= 15 is 0 Å². The second-order valence-corrected chi connectivity index (χ2v) is 11.9. The lowest BCUT2D eigenvalue weighted by Crippen LogP contribution is -2.53. The number of rotatable bonds is 6. The van der Waals surface area contributed by atoms with Crippen LogP contribution in [0.1, 0.15) is 64.2 Å². The van der Waals surface area contributed by atoms with Gasteiger partial charge in [-0.2, -0.15) is 13.2 Å². The molecule has 1 aliphatic heterocycles. The van der Waals surface area contributed by atoms with Gasteiger partial charge in [-0.1, -0.05) is 12.8 Å². The van der Waals surface area contributed by atoms with E-state index in [2.05, 4.69) is 9.97 Å². The zero-order valence-electron chi connectivity index (χ0n) is 19.8. The average Bonchev–Trinajstić information content (AvgIpc) is 3.32. The highest BCUT2D eigenvalue weighted by Crippen LogP contribution is 2.51. The second-order valence-electron chi connectivity index (χ2n) is 9.90. The number of ether oxygens (including phenoxy) is 2. The van der Waals surface area contributed by atoms with E-state index in [0.717, 1.165) is 31.9 Å². The average molecular weight is 520 g/mol. The van der Waals surface area contributed by atoms with Crippen LogP contribution in [0.4, 0.5) is 13.2 Å². The maximum atomic E-state index is 13.7. The predicted molar refractivity (Wildman–Crippen MR) is 119 cm³/mol. The summed E-state index contributed by atoms with van der Waals surface area (Å²) in [5.74, 6) is -0.482. The van der Waals surface area contributed by atoms with Crippen LogP contribution in [0, 0.1) is 5.41 Å². The number of carbonyl (C=O) groups excluding carboxylic acids is 1. The third-order valence-corrected chi connectivity index (χ3v) is 8.39. The monoisotopic (exact) mass is 519 g/mol. The number of carbonyl (C=O) groups is 1. The Hall–Kier alpha value is -1.95. The van der Waals surface area contributed by atoms with E-state index in [1.54, 1.807) is 0 Å². The Bertz CT molecular complexity index is 981. The minimum atomic E-state index is -4.50. The SMILES string of the molecule is CS(=O)(=O)c1cnc(OC2CCC(OC3CCN(C(=O)C4(C(F)(F)F)CCCC4)CC3)CC2)cn1. The number of hydrogen-bond acceptors (Lipinski definition) is 7. The summed E-state index contributed by atoms with van der Waals surface area (Å²) in [7, 11) is -3.41. The van der Waals surface area contributed by atoms with E-state index in [1.807, 2.05) is 0 Å². The highest BCUT2D eigenvalue weighted by Gasteiger charge is 2.62. The Morgan fingerprint density at radius 3 is 2.06 bits per heavy atom. The van der Waals surface area contributed by atoms with Crippen LogP contribution in [-0.2, 0) is 19.4 Å². The van der Waals surface area contributed by atoms with Crippen LogP contribution in [0.25, 0.3) is 0 Å². The van der Waals surface area contributed by atoms with Gasteiger partial charge < -0.3 is 14.4 Å². The molecule has 2 heterocycles. The standard InChI is InChI=1S/C23H32F3N3O5S/c1-35(31,32)20-15-27-19(14-28-20)34-17-6-4-16(5-7-17)33-18-8-12-29(13-9-18)21(30)22(23(24,25)26)10-2-3-11-22/h14-18H,2-13H2,1H3. The lowest BCUT2D eigenvalue weighted by molar-refractivity contribution is -0.226. The van der Waals surface area contributed by atoms with E-state index in [0.29, 0.717) is 38.8 Å². The first kappa shape index (κ1) is 26.1. The number of sulfone groups is 1. The van der Waals surface area contributed by atoms with Gasteiger partial charge in [-0.05, 0) is 51.4 Å². The van der Waals surface area contributed by atoms with E-state index in [1.165, 1.54) is 17.3 Å². The molecule has 3 aliphatic rings. The molecule has 12 heteroatoms. The number of hydrogen-bond donors (Lipinski definition) is 0. The second kappa shape index (κ2) is 10.2. The van der Waals surface area contributed by atoms with Crippen molar-refractivity contribution in [3.05, 3.63) is 12.4 Å². The van der Waals surface area contributed by atoms with Gasteiger partial charge >= 0.3 is 6.18 Å². The Balaban J connectivity index is 1.21. The molecule has 196 valence electrons. The van der Waals surface area contributed by atoms with Crippen molar-refractivity contribution >= 4 is 15.7 Å². The Kier molecular flexibility index (Phi) is 7.61. The van der Waals surface area contributed by atoms with E-state index in [9.17, 15) is 26.4 Å². The van der Waals surface area contributed by atoms with Gasteiger partial charge in [0.1, 0.15) is 11.5 Å². The van der Waals surface area contributed by atoms with E-state index in [4.69, 9.17) is 9.47 Å². The van der Waals surface area contributed by atoms with Crippen LogP contribution in [-0.4, -0.2) is 73.0 Å². The fourth-order valence-corrected chi connectivity index (χ4v) is 5.87. The van der Waals surface area contributed by atoms with Crippen molar-refractivity contribution in [2.75, 3.05) is 19.3 Å². The van der Waals surface area contributed by atoms with Crippen molar-refractivity contribution in [3.8, 4) is 5.88 Å². The largest absolute Gasteiger partial charge is 0.473 e. The number of amides is 1. The van der Waals surface area contributed by atoms with Crippen molar-refractivity contribution in [2.45, 2.75) is 93.7 Å². The van der Waals surface area contributed by atoms with Crippen molar-refractivity contribution < 1.29 is 35.9 Å². The van der Waals surface area contributed by atoms with Gasteiger partial charge in [0.15, 0.2) is 14.9 Å². The van der Waals surface area contributed by atoms with Crippen LogP contribution in [0.15, 0.2) is 17.4 Å². The van der Waals surface area contributed by atoms with Crippen LogP contribution in [0.2, 0.25) is 0 Å². The first-order chi connectivity index (χ1) is 16.5. The fraction of sp³-hybridized carbons (Fsp3) is 0.783. The summed E-state index contributed by atoms with van der Waals surface area (Å²) in [4.78, 5) is 22.1. The molecule has 0 unspecified atom stereocenters. The molecule has 3 fully saturated rings. The first-order valence-electron chi connectivity index (χ1n) is 12.2. The maximum absolute atomic E-state index is 13.7. The molecule has 0 radical (unpaired) electrons. The molecule has 8 nitrogen and oxygen atoms in total. The zero-order valence-corrected chi connectivity index (χ0v) is 20.6. The summed E-state index contributed by atoms with van der Waals surface area (Å²) in [5, 5.41) is -0.105. The summed E-state index contributed by atoms with van der Waals surface area (Å²) < 4.78 is 76.2. The number of piperidine rings is 1. The lowest BCUT2D eigenvalue weighted by Gasteiger charge is -2.40. The fourth-order valence-electron chi connectivity index (χ4n) is 5.38. The normalized spacial score (nSPS) is 26.0. The van der Waals surface area contributed by atoms with Crippen LogP contribution < -0.4 is 4.74 Å². The minimum Gasteiger partial charge on any atom is -0.473 e. The van der Waals surface area contributed by atoms with Crippen molar-refractivity contribution in [2.24, 2.45) is 5.41 Å². The van der Waals surface area contributed by atoms with Crippen LogP contribution >= 0.6 is 0 Å². The van der Waals surface area contributed by atoms with Crippen LogP contribution in [0.3, 0.4) is 0 Å². The zero-order chi connectivity index (χ0) is 25.3. The first-order valence-corrected chi connectivity index (χ1v) is 14.1. The summed E-state index contributed by atoms with van der Waals surface area (Å²) in [6.45, 7) is 0.587. The summed E-state index contributed by atoms with van der Waals surface area (Å²) >= 11 is 0. The van der Waals surface area contributed by atoms with E-state index in [-0.39, 0.29) is 42.1 Å². The van der Waals surface area contributed by atoms with Gasteiger partial charge in [0.05, 0.1) is 24.6 Å². The maximum Gasteiger partial charge on any atom is 0.403 e. The Morgan fingerprint density at radius 1 is 0.971 bits per heavy atom. The van der Waals surface area contributed by atoms with Gasteiger partial charge in [-0.15, -0.1) is 0 Å².